The highest BCUT2D eigenvalue weighted by atomic mass is 32.2. The first-order valence-electron chi connectivity index (χ1n) is 6.57. The van der Waals surface area contributed by atoms with E-state index in [-0.39, 0.29) is 10.9 Å². The molecule has 0 radical (unpaired) electrons. The Morgan fingerprint density at radius 1 is 1.32 bits per heavy atom. The molecule has 0 amide bonds. The molecule has 1 aromatic carbocycles. The molecule has 1 saturated heterocycles. The first-order chi connectivity index (χ1) is 8.97. The second-order valence-electron chi connectivity index (χ2n) is 5.09. The van der Waals surface area contributed by atoms with Crippen molar-refractivity contribution in [2.75, 3.05) is 25.0 Å². The van der Waals surface area contributed by atoms with Crippen molar-refractivity contribution >= 4 is 15.7 Å². The monoisotopic (exact) mass is 283 g/mol. The van der Waals surface area contributed by atoms with E-state index in [1.54, 1.807) is 18.2 Å². The molecule has 1 fully saturated rings. The quantitative estimate of drug-likeness (QED) is 0.852. The lowest BCUT2D eigenvalue weighted by Crippen LogP contribution is -2.33. The Bertz CT molecular complexity index is 524. The molecule has 19 heavy (non-hydrogen) atoms. The second-order valence-corrected chi connectivity index (χ2v) is 6.62. The zero-order valence-electron chi connectivity index (χ0n) is 11.2. The molecule has 1 aliphatic rings. The van der Waals surface area contributed by atoms with Gasteiger partial charge in [0.25, 0.3) is 0 Å². The fourth-order valence-electron chi connectivity index (χ4n) is 2.50. The van der Waals surface area contributed by atoms with Crippen LogP contribution in [0.15, 0.2) is 29.2 Å². The van der Waals surface area contributed by atoms with Gasteiger partial charge in [-0.2, -0.15) is 0 Å². The van der Waals surface area contributed by atoms with Gasteiger partial charge in [-0.3, -0.25) is 0 Å². The molecule has 0 aromatic heterocycles. The van der Waals surface area contributed by atoms with E-state index in [0.29, 0.717) is 5.69 Å². The van der Waals surface area contributed by atoms with E-state index in [0.717, 1.165) is 19.6 Å². The number of nitrogens with two attached hydrogens (primary N) is 1. The maximum absolute atomic E-state index is 11.5. The summed E-state index contributed by atoms with van der Waals surface area (Å²) in [5.41, 5.74) is 0.580. The molecule has 1 aromatic rings. The summed E-state index contributed by atoms with van der Waals surface area (Å²) in [4.78, 5) is 2.54. The van der Waals surface area contributed by atoms with Crippen LogP contribution in [0.25, 0.3) is 0 Å². The van der Waals surface area contributed by atoms with Gasteiger partial charge < -0.3 is 10.2 Å². The normalized spacial score (nSPS) is 18.4. The molecule has 3 N–H and O–H groups in total. The summed E-state index contributed by atoms with van der Waals surface area (Å²) in [6.45, 7) is 5.23. The maximum Gasteiger partial charge on any atom is 0.240 e. The molecule has 106 valence electrons. The Hall–Kier alpha value is -1.11. The number of sulfonamides is 1. The van der Waals surface area contributed by atoms with Crippen LogP contribution in [-0.2, 0) is 10.0 Å². The van der Waals surface area contributed by atoms with Crippen molar-refractivity contribution in [1.29, 1.82) is 0 Å². The van der Waals surface area contributed by atoms with Gasteiger partial charge in [0.15, 0.2) is 0 Å². The van der Waals surface area contributed by atoms with Crippen molar-refractivity contribution in [3.8, 4) is 0 Å². The summed E-state index contributed by atoms with van der Waals surface area (Å²) in [5.74, 6) is 0. The van der Waals surface area contributed by atoms with E-state index >= 15 is 0 Å². The number of hydrogen-bond acceptors (Lipinski definition) is 4. The molecular weight excluding hydrogens is 262 g/mol. The van der Waals surface area contributed by atoms with Crippen LogP contribution < -0.4 is 10.5 Å². The molecule has 1 heterocycles. The van der Waals surface area contributed by atoms with Crippen molar-refractivity contribution in [1.82, 2.24) is 4.90 Å². The van der Waals surface area contributed by atoms with Gasteiger partial charge in [0.2, 0.25) is 10.0 Å². The molecule has 0 saturated carbocycles. The Morgan fingerprint density at radius 2 is 1.95 bits per heavy atom. The van der Waals surface area contributed by atoms with Gasteiger partial charge >= 0.3 is 0 Å². The van der Waals surface area contributed by atoms with Crippen molar-refractivity contribution < 1.29 is 8.42 Å². The van der Waals surface area contributed by atoms with Crippen molar-refractivity contribution in [3.05, 3.63) is 24.3 Å². The fraction of sp³-hybridized carbons (Fsp3) is 0.538. The van der Waals surface area contributed by atoms with Crippen LogP contribution in [0.4, 0.5) is 5.69 Å². The van der Waals surface area contributed by atoms with Gasteiger partial charge in [-0.25, -0.2) is 13.6 Å². The minimum Gasteiger partial charge on any atom is -0.380 e. The van der Waals surface area contributed by atoms with Gasteiger partial charge in [0, 0.05) is 12.6 Å². The number of benzene rings is 1. The van der Waals surface area contributed by atoms with Gasteiger partial charge in [0.1, 0.15) is 4.90 Å². The molecule has 2 rings (SSSR count). The Balaban J connectivity index is 2.06. The number of anilines is 1. The summed E-state index contributed by atoms with van der Waals surface area (Å²) in [7, 11) is -3.68. The SMILES string of the molecule is CC(CN1CCCC1)Nc1ccccc1S(N)(=O)=O. The summed E-state index contributed by atoms with van der Waals surface area (Å²) in [6, 6.07) is 6.94. The molecule has 0 aliphatic carbocycles. The third kappa shape index (κ3) is 3.92. The smallest absolute Gasteiger partial charge is 0.240 e. The first kappa shape index (κ1) is 14.3. The molecular formula is C13H21N3O2S. The van der Waals surface area contributed by atoms with Crippen molar-refractivity contribution in [3.63, 3.8) is 0 Å². The highest BCUT2D eigenvalue weighted by Crippen LogP contribution is 2.20. The topological polar surface area (TPSA) is 75.4 Å². The van der Waals surface area contributed by atoms with Gasteiger partial charge in [-0.05, 0) is 45.0 Å². The number of nitrogens with zero attached hydrogens (tertiary/aromatic N) is 1. The standard InChI is InChI=1S/C13H21N3O2S/c1-11(10-16-8-4-5-9-16)15-12-6-2-3-7-13(12)19(14,17)18/h2-3,6-7,11,15H,4-5,8-10H2,1H3,(H2,14,17,18). The van der Waals surface area contributed by atoms with Crippen LogP contribution in [0.1, 0.15) is 19.8 Å². The molecule has 0 bridgehead atoms. The van der Waals surface area contributed by atoms with E-state index in [1.165, 1.54) is 18.9 Å². The first-order valence-corrected chi connectivity index (χ1v) is 8.12. The Morgan fingerprint density at radius 3 is 2.58 bits per heavy atom. The van der Waals surface area contributed by atoms with Gasteiger partial charge in [-0.1, -0.05) is 12.1 Å². The van der Waals surface area contributed by atoms with Crippen LogP contribution >= 0.6 is 0 Å². The van der Waals surface area contributed by atoms with Crippen LogP contribution in [0.2, 0.25) is 0 Å². The van der Waals surface area contributed by atoms with E-state index < -0.39 is 10.0 Å². The third-order valence-corrected chi connectivity index (χ3v) is 4.30. The average Bonchev–Trinajstić information content (AvgIpc) is 2.81. The number of likely N-dealkylation sites (tertiary alicyclic amines) is 1. The molecule has 0 spiro atoms. The zero-order valence-corrected chi connectivity index (χ0v) is 12.0. The van der Waals surface area contributed by atoms with Crippen molar-refractivity contribution in [2.24, 2.45) is 5.14 Å². The van der Waals surface area contributed by atoms with E-state index in [9.17, 15) is 8.42 Å². The Labute approximate surface area is 114 Å². The van der Waals surface area contributed by atoms with Gasteiger partial charge in [0.05, 0.1) is 5.69 Å². The minimum atomic E-state index is -3.68. The predicted octanol–water partition coefficient (Wildman–Crippen LogP) is 1.23. The molecule has 1 aliphatic heterocycles. The molecule has 1 atom stereocenters. The molecule has 1 unspecified atom stereocenters. The van der Waals surface area contributed by atoms with Crippen LogP contribution in [-0.4, -0.2) is 39.0 Å². The highest BCUT2D eigenvalue weighted by Gasteiger charge is 2.17. The second kappa shape index (κ2) is 5.90. The van der Waals surface area contributed by atoms with Crippen LogP contribution in [0, 0.1) is 0 Å². The average molecular weight is 283 g/mol. The van der Waals surface area contributed by atoms with E-state index in [2.05, 4.69) is 17.1 Å². The summed E-state index contributed by atoms with van der Waals surface area (Å²) < 4.78 is 23.0. The number of rotatable bonds is 5. The lowest BCUT2D eigenvalue weighted by atomic mass is 10.2. The lowest BCUT2D eigenvalue weighted by Gasteiger charge is -2.23. The zero-order chi connectivity index (χ0) is 13.9. The van der Waals surface area contributed by atoms with Gasteiger partial charge in [-0.15, -0.1) is 0 Å². The maximum atomic E-state index is 11.5. The fourth-order valence-corrected chi connectivity index (χ4v) is 3.20. The van der Waals surface area contributed by atoms with Crippen LogP contribution in [0.5, 0.6) is 0 Å². The number of para-hydroxylation sites is 1. The summed E-state index contributed by atoms with van der Waals surface area (Å²) >= 11 is 0. The molecule has 6 heteroatoms. The minimum absolute atomic E-state index is 0.156. The number of primary sulfonamides is 1. The third-order valence-electron chi connectivity index (χ3n) is 3.33. The lowest BCUT2D eigenvalue weighted by molar-refractivity contribution is 0.327. The Kier molecular flexibility index (Phi) is 4.44. The number of nitrogens with one attached hydrogen (secondary N) is 1. The molecule has 5 nitrogen and oxygen atoms in total. The summed E-state index contributed by atoms with van der Waals surface area (Å²) in [6.07, 6.45) is 2.50. The number of hydrogen-bond donors (Lipinski definition) is 2. The summed E-state index contributed by atoms with van der Waals surface area (Å²) in [5, 5.41) is 8.46. The van der Waals surface area contributed by atoms with Crippen LogP contribution in [0.3, 0.4) is 0 Å². The van der Waals surface area contributed by atoms with E-state index in [4.69, 9.17) is 5.14 Å². The van der Waals surface area contributed by atoms with Crippen molar-refractivity contribution in [2.45, 2.75) is 30.7 Å². The largest absolute Gasteiger partial charge is 0.380 e. The predicted molar refractivity (Wildman–Crippen MR) is 76.6 cm³/mol. The highest BCUT2D eigenvalue weighted by molar-refractivity contribution is 7.89. The van der Waals surface area contributed by atoms with E-state index in [1.807, 2.05) is 0 Å².